The van der Waals surface area contributed by atoms with Crippen LogP contribution in [0.3, 0.4) is 0 Å². The maximum atomic E-state index is 11.9. The van der Waals surface area contributed by atoms with Crippen molar-refractivity contribution in [1.82, 2.24) is 5.32 Å². The van der Waals surface area contributed by atoms with Gasteiger partial charge in [-0.1, -0.05) is 19.4 Å². The molecule has 2 N–H and O–H groups in total. The van der Waals surface area contributed by atoms with Crippen LogP contribution in [0.1, 0.15) is 42.1 Å². The average molecular weight is 247 g/mol. The van der Waals surface area contributed by atoms with Crippen molar-refractivity contribution in [3.8, 4) is 5.75 Å². The van der Waals surface area contributed by atoms with Crippen molar-refractivity contribution in [3.05, 3.63) is 29.3 Å². The Balaban J connectivity index is 1.89. The summed E-state index contributed by atoms with van der Waals surface area (Å²) in [6.07, 6.45) is 3.69. The van der Waals surface area contributed by atoms with Gasteiger partial charge in [0.1, 0.15) is 5.75 Å². The molecule has 2 unspecified atom stereocenters. The van der Waals surface area contributed by atoms with Crippen LogP contribution in [0.2, 0.25) is 0 Å². The molecular formula is C15H21NO2. The van der Waals surface area contributed by atoms with E-state index < -0.39 is 0 Å². The number of carbonyl (C=O) groups is 1. The van der Waals surface area contributed by atoms with Gasteiger partial charge in [-0.15, -0.1) is 0 Å². The number of hydrogen-bond acceptors (Lipinski definition) is 2. The van der Waals surface area contributed by atoms with Gasteiger partial charge in [0.25, 0.3) is 5.91 Å². The predicted molar refractivity (Wildman–Crippen MR) is 71.7 cm³/mol. The largest absolute Gasteiger partial charge is 0.508 e. The quantitative estimate of drug-likeness (QED) is 0.863. The maximum Gasteiger partial charge on any atom is 0.251 e. The van der Waals surface area contributed by atoms with Gasteiger partial charge in [-0.05, 0) is 49.3 Å². The SMILES string of the molecule is Cc1ccc(C(=O)NCC2CCC(C)C2)cc1O. The Morgan fingerprint density at radius 1 is 1.44 bits per heavy atom. The molecule has 0 aliphatic heterocycles. The van der Waals surface area contributed by atoms with Crippen LogP contribution in [0, 0.1) is 18.8 Å². The molecule has 3 heteroatoms. The molecular weight excluding hydrogens is 226 g/mol. The molecule has 0 heterocycles. The summed E-state index contributed by atoms with van der Waals surface area (Å²) in [5, 5.41) is 12.5. The molecule has 0 saturated heterocycles. The molecule has 1 amide bonds. The van der Waals surface area contributed by atoms with Crippen molar-refractivity contribution in [2.75, 3.05) is 6.54 Å². The van der Waals surface area contributed by atoms with Crippen molar-refractivity contribution in [2.24, 2.45) is 11.8 Å². The van der Waals surface area contributed by atoms with Crippen LogP contribution in [-0.4, -0.2) is 17.6 Å². The highest BCUT2D eigenvalue weighted by molar-refractivity contribution is 5.94. The third-order valence-electron chi connectivity index (χ3n) is 3.83. The van der Waals surface area contributed by atoms with Gasteiger partial charge in [-0.2, -0.15) is 0 Å². The van der Waals surface area contributed by atoms with E-state index in [0.717, 1.165) is 18.0 Å². The number of carbonyl (C=O) groups excluding carboxylic acids is 1. The Morgan fingerprint density at radius 3 is 2.83 bits per heavy atom. The molecule has 2 rings (SSSR count). The fourth-order valence-corrected chi connectivity index (χ4v) is 2.60. The number of phenolic OH excluding ortho intramolecular Hbond substituents is 1. The molecule has 0 radical (unpaired) electrons. The molecule has 3 nitrogen and oxygen atoms in total. The lowest BCUT2D eigenvalue weighted by Gasteiger charge is -2.11. The van der Waals surface area contributed by atoms with E-state index in [-0.39, 0.29) is 11.7 Å². The van der Waals surface area contributed by atoms with Crippen LogP contribution in [0.15, 0.2) is 18.2 Å². The second kappa shape index (κ2) is 5.42. The Kier molecular flexibility index (Phi) is 3.90. The minimum atomic E-state index is -0.0927. The lowest BCUT2D eigenvalue weighted by Crippen LogP contribution is -2.28. The summed E-state index contributed by atoms with van der Waals surface area (Å²) >= 11 is 0. The number of hydrogen-bond donors (Lipinski definition) is 2. The number of aryl methyl sites for hydroxylation is 1. The smallest absolute Gasteiger partial charge is 0.251 e. The Bertz CT molecular complexity index is 442. The number of nitrogens with one attached hydrogen (secondary N) is 1. The van der Waals surface area contributed by atoms with Crippen molar-refractivity contribution in [3.63, 3.8) is 0 Å². The molecule has 1 aliphatic rings. The lowest BCUT2D eigenvalue weighted by molar-refractivity contribution is 0.0946. The van der Waals surface area contributed by atoms with E-state index in [2.05, 4.69) is 12.2 Å². The third kappa shape index (κ3) is 3.03. The zero-order chi connectivity index (χ0) is 13.1. The maximum absolute atomic E-state index is 11.9. The highest BCUT2D eigenvalue weighted by Gasteiger charge is 2.21. The zero-order valence-electron chi connectivity index (χ0n) is 11.1. The van der Waals surface area contributed by atoms with Crippen molar-refractivity contribution >= 4 is 5.91 Å². The highest BCUT2D eigenvalue weighted by Crippen LogP contribution is 2.29. The Morgan fingerprint density at radius 2 is 2.22 bits per heavy atom. The molecule has 1 aromatic rings. The van der Waals surface area contributed by atoms with Crippen LogP contribution in [-0.2, 0) is 0 Å². The number of rotatable bonds is 3. The second-order valence-corrected chi connectivity index (χ2v) is 5.50. The van der Waals surface area contributed by atoms with Crippen molar-refractivity contribution in [1.29, 1.82) is 0 Å². The Hall–Kier alpha value is -1.51. The van der Waals surface area contributed by atoms with Gasteiger partial charge in [0.15, 0.2) is 0 Å². The molecule has 1 aromatic carbocycles. The van der Waals surface area contributed by atoms with Crippen LogP contribution >= 0.6 is 0 Å². The standard InChI is InChI=1S/C15H21NO2/c1-10-3-5-12(7-10)9-16-15(18)13-6-4-11(2)14(17)8-13/h4,6,8,10,12,17H,3,5,7,9H2,1-2H3,(H,16,18). The summed E-state index contributed by atoms with van der Waals surface area (Å²) < 4.78 is 0. The van der Waals surface area contributed by atoms with Crippen LogP contribution < -0.4 is 5.32 Å². The summed E-state index contributed by atoms with van der Waals surface area (Å²) in [4.78, 5) is 11.9. The van der Waals surface area contributed by atoms with E-state index in [1.807, 2.05) is 6.92 Å². The number of aromatic hydroxyl groups is 1. The zero-order valence-corrected chi connectivity index (χ0v) is 11.1. The van der Waals surface area contributed by atoms with Crippen LogP contribution in [0.4, 0.5) is 0 Å². The van der Waals surface area contributed by atoms with Crippen LogP contribution in [0.25, 0.3) is 0 Å². The molecule has 2 atom stereocenters. The molecule has 1 saturated carbocycles. The fourth-order valence-electron chi connectivity index (χ4n) is 2.60. The normalized spacial score (nSPS) is 23.0. The minimum absolute atomic E-state index is 0.0927. The summed E-state index contributed by atoms with van der Waals surface area (Å²) in [5.74, 6) is 1.49. The molecule has 1 fully saturated rings. The predicted octanol–water partition coefficient (Wildman–Crippen LogP) is 2.87. The number of amides is 1. The number of benzene rings is 1. The molecule has 0 aromatic heterocycles. The first-order valence-electron chi connectivity index (χ1n) is 6.64. The first kappa shape index (κ1) is 12.9. The summed E-state index contributed by atoms with van der Waals surface area (Å²) in [5.41, 5.74) is 1.32. The monoisotopic (exact) mass is 247 g/mol. The minimum Gasteiger partial charge on any atom is -0.508 e. The summed E-state index contributed by atoms with van der Waals surface area (Å²) in [7, 11) is 0. The van der Waals surface area contributed by atoms with E-state index in [9.17, 15) is 9.90 Å². The second-order valence-electron chi connectivity index (χ2n) is 5.50. The van der Waals surface area contributed by atoms with Gasteiger partial charge < -0.3 is 10.4 Å². The highest BCUT2D eigenvalue weighted by atomic mass is 16.3. The van der Waals surface area contributed by atoms with E-state index >= 15 is 0 Å². The average Bonchev–Trinajstić information content (AvgIpc) is 2.75. The van der Waals surface area contributed by atoms with E-state index in [0.29, 0.717) is 11.5 Å². The molecule has 18 heavy (non-hydrogen) atoms. The van der Waals surface area contributed by atoms with Gasteiger partial charge in [0.2, 0.25) is 0 Å². The molecule has 0 spiro atoms. The lowest BCUT2D eigenvalue weighted by atomic mass is 10.1. The van der Waals surface area contributed by atoms with Gasteiger partial charge in [0.05, 0.1) is 0 Å². The van der Waals surface area contributed by atoms with Gasteiger partial charge in [-0.25, -0.2) is 0 Å². The van der Waals surface area contributed by atoms with Gasteiger partial charge in [0, 0.05) is 12.1 Å². The van der Waals surface area contributed by atoms with E-state index in [1.165, 1.54) is 25.3 Å². The fraction of sp³-hybridized carbons (Fsp3) is 0.533. The van der Waals surface area contributed by atoms with E-state index in [1.54, 1.807) is 12.1 Å². The topological polar surface area (TPSA) is 49.3 Å². The molecule has 1 aliphatic carbocycles. The van der Waals surface area contributed by atoms with Gasteiger partial charge >= 0.3 is 0 Å². The summed E-state index contributed by atoms with van der Waals surface area (Å²) in [6, 6.07) is 5.05. The van der Waals surface area contributed by atoms with Gasteiger partial charge in [-0.3, -0.25) is 4.79 Å². The first-order chi connectivity index (χ1) is 8.56. The molecule has 98 valence electrons. The summed E-state index contributed by atoms with van der Waals surface area (Å²) in [6.45, 7) is 4.83. The Labute approximate surface area is 108 Å². The molecule has 0 bridgehead atoms. The van der Waals surface area contributed by atoms with Crippen molar-refractivity contribution in [2.45, 2.75) is 33.1 Å². The third-order valence-corrected chi connectivity index (χ3v) is 3.83. The van der Waals surface area contributed by atoms with Crippen molar-refractivity contribution < 1.29 is 9.90 Å². The number of phenols is 1. The van der Waals surface area contributed by atoms with E-state index in [4.69, 9.17) is 0 Å². The first-order valence-corrected chi connectivity index (χ1v) is 6.64. The van der Waals surface area contributed by atoms with Crippen LogP contribution in [0.5, 0.6) is 5.75 Å².